The van der Waals surface area contributed by atoms with E-state index in [1.807, 2.05) is 12.1 Å². The molecule has 4 nitrogen and oxygen atoms in total. The van der Waals surface area contributed by atoms with Crippen LogP contribution in [0.5, 0.6) is 0 Å². The number of carbonyl (C=O) groups is 1. The lowest BCUT2D eigenvalue weighted by atomic mass is 9.95. The zero-order valence-electron chi connectivity index (χ0n) is 11.7. The van der Waals surface area contributed by atoms with Gasteiger partial charge in [-0.25, -0.2) is 0 Å². The molecular formula is C16H22N2O2. The molecule has 0 spiro atoms. The summed E-state index contributed by atoms with van der Waals surface area (Å²) in [4.78, 5) is 12.4. The maximum atomic E-state index is 12.4. The summed E-state index contributed by atoms with van der Waals surface area (Å²) in [6.45, 7) is 2.36. The van der Waals surface area contributed by atoms with E-state index in [-0.39, 0.29) is 18.0 Å². The molecule has 2 N–H and O–H groups in total. The highest BCUT2D eigenvalue weighted by Gasteiger charge is 2.25. The smallest absolute Gasteiger partial charge is 0.237 e. The van der Waals surface area contributed by atoms with E-state index in [1.165, 1.54) is 11.1 Å². The Morgan fingerprint density at radius 3 is 2.95 bits per heavy atom. The lowest BCUT2D eigenvalue weighted by molar-refractivity contribution is -0.124. The van der Waals surface area contributed by atoms with Crippen molar-refractivity contribution in [2.24, 2.45) is 0 Å². The Morgan fingerprint density at radius 1 is 1.20 bits per heavy atom. The highest BCUT2D eigenvalue weighted by Crippen LogP contribution is 2.17. The first-order chi connectivity index (χ1) is 9.83. The average Bonchev–Trinajstić information content (AvgIpc) is 2.75. The first-order valence-corrected chi connectivity index (χ1v) is 7.51. The summed E-state index contributed by atoms with van der Waals surface area (Å²) in [6, 6.07) is 8.50. The minimum atomic E-state index is -0.103. The third kappa shape index (κ3) is 3.19. The average molecular weight is 274 g/mol. The third-order valence-electron chi connectivity index (χ3n) is 4.20. The SMILES string of the molecule is O=C(NC1CCCOCC1)C1Cc2ccccc2CN1. The molecule has 1 aromatic carbocycles. The Morgan fingerprint density at radius 2 is 2.05 bits per heavy atom. The van der Waals surface area contributed by atoms with Crippen LogP contribution < -0.4 is 10.6 Å². The van der Waals surface area contributed by atoms with Gasteiger partial charge in [-0.2, -0.15) is 0 Å². The van der Waals surface area contributed by atoms with Crippen molar-refractivity contribution in [3.05, 3.63) is 35.4 Å². The number of nitrogens with one attached hydrogen (secondary N) is 2. The van der Waals surface area contributed by atoms with Crippen molar-refractivity contribution in [3.8, 4) is 0 Å². The molecule has 1 amide bonds. The van der Waals surface area contributed by atoms with Gasteiger partial charge in [-0.1, -0.05) is 24.3 Å². The first-order valence-electron chi connectivity index (χ1n) is 7.51. The van der Waals surface area contributed by atoms with Crippen LogP contribution in [0.4, 0.5) is 0 Å². The van der Waals surface area contributed by atoms with Crippen molar-refractivity contribution < 1.29 is 9.53 Å². The molecule has 2 unspecified atom stereocenters. The Bertz CT molecular complexity index is 467. The van der Waals surface area contributed by atoms with E-state index in [4.69, 9.17) is 4.74 Å². The second kappa shape index (κ2) is 6.37. The lowest BCUT2D eigenvalue weighted by Gasteiger charge is -2.27. The topological polar surface area (TPSA) is 50.4 Å². The molecule has 2 heterocycles. The first kappa shape index (κ1) is 13.6. The van der Waals surface area contributed by atoms with Crippen molar-refractivity contribution in [2.45, 2.75) is 44.3 Å². The number of carbonyl (C=O) groups excluding carboxylic acids is 1. The van der Waals surface area contributed by atoms with Gasteiger partial charge in [0.2, 0.25) is 5.91 Å². The van der Waals surface area contributed by atoms with Crippen LogP contribution in [0.1, 0.15) is 30.4 Å². The van der Waals surface area contributed by atoms with Crippen molar-refractivity contribution in [3.63, 3.8) is 0 Å². The quantitative estimate of drug-likeness (QED) is 0.857. The fraction of sp³-hybridized carbons (Fsp3) is 0.562. The fourth-order valence-electron chi connectivity index (χ4n) is 2.99. The predicted octanol–water partition coefficient (Wildman–Crippen LogP) is 1.39. The molecule has 0 bridgehead atoms. The minimum Gasteiger partial charge on any atom is -0.381 e. The molecule has 3 rings (SSSR count). The van der Waals surface area contributed by atoms with Gasteiger partial charge in [0.1, 0.15) is 0 Å². The second-order valence-electron chi connectivity index (χ2n) is 5.66. The van der Waals surface area contributed by atoms with Crippen LogP contribution in [0.25, 0.3) is 0 Å². The highest BCUT2D eigenvalue weighted by atomic mass is 16.5. The van der Waals surface area contributed by atoms with Gasteiger partial charge in [0.05, 0.1) is 6.04 Å². The molecule has 0 saturated carbocycles. The molecule has 1 saturated heterocycles. The number of benzene rings is 1. The highest BCUT2D eigenvalue weighted by molar-refractivity contribution is 5.82. The summed E-state index contributed by atoms with van der Waals surface area (Å²) in [7, 11) is 0. The van der Waals surface area contributed by atoms with E-state index < -0.39 is 0 Å². The van der Waals surface area contributed by atoms with Crippen LogP contribution in [-0.2, 0) is 22.5 Å². The number of amides is 1. The standard InChI is InChI=1S/C16H22N2O2/c19-16(18-14-6-3-8-20-9-7-14)15-10-12-4-1-2-5-13(12)11-17-15/h1-2,4-5,14-15,17H,3,6-11H2,(H,18,19). The van der Waals surface area contributed by atoms with Crippen LogP contribution >= 0.6 is 0 Å². The Hall–Kier alpha value is -1.39. The van der Waals surface area contributed by atoms with Crippen LogP contribution in [0.15, 0.2) is 24.3 Å². The van der Waals surface area contributed by atoms with Crippen LogP contribution in [0.2, 0.25) is 0 Å². The van der Waals surface area contributed by atoms with Gasteiger partial charge in [-0.3, -0.25) is 4.79 Å². The van der Waals surface area contributed by atoms with Gasteiger partial charge < -0.3 is 15.4 Å². The van der Waals surface area contributed by atoms with Gasteiger partial charge in [0.25, 0.3) is 0 Å². The van der Waals surface area contributed by atoms with Gasteiger partial charge >= 0.3 is 0 Å². The van der Waals surface area contributed by atoms with Crippen molar-refractivity contribution in [2.75, 3.05) is 13.2 Å². The van der Waals surface area contributed by atoms with Gasteiger partial charge in [0, 0.05) is 25.8 Å². The maximum Gasteiger partial charge on any atom is 0.237 e. The predicted molar refractivity (Wildman–Crippen MR) is 77.4 cm³/mol. The minimum absolute atomic E-state index is 0.103. The Balaban J connectivity index is 1.58. The molecule has 2 aliphatic rings. The van der Waals surface area contributed by atoms with E-state index in [0.717, 1.165) is 45.4 Å². The van der Waals surface area contributed by atoms with Crippen LogP contribution in [-0.4, -0.2) is 31.2 Å². The zero-order valence-corrected chi connectivity index (χ0v) is 11.7. The Labute approximate surface area is 119 Å². The molecule has 108 valence electrons. The van der Waals surface area contributed by atoms with Gasteiger partial charge in [-0.15, -0.1) is 0 Å². The van der Waals surface area contributed by atoms with Crippen molar-refractivity contribution in [1.29, 1.82) is 0 Å². The van der Waals surface area contributed by atoms with E-state index in [0.29, 0.717) is 0 Å². The number of fused-ring (bicyclic) bond motifs is 1. The number of ether oxygens (including phenoxy) is 1. The van der Waals surface area contributed by atoms with Crippen molar-refractivity contribution >= 4 is 5.91 Å². The van der Waals surface area contributed by atoms with Crippen molar-refractivity contribution in [1.82, 2.24) is 10.6 Å². The molecule has 1 aromatic rings. The zero-order chi connectivity index (χ0) is 13.8. The maximum absolute atomic E-state index is 12.4. The normalized spacial score (nSPS) is 26.4. The van der Waals surface area contributed by atoms with E-state index >= 15 is 0 Å². The summed E-state index contributed by atoms with van der Waals surface area (Å²) >= 11 is 0. The second-order valence-corrected chi connectivity index (χ2v) is 5.66. The van der Waals surface area contributed by atoms with Gasteiger partial charge in [-0.05, 0) is 36.8 Å². The largest absolute Gasteiger partial charge is 0.381 e. The molecule has 0 aliphatic carbocycles. The Kier molecular flexibility index (Phi) is 4.33. The molecule has 2 aliphatic heterocycles. The summed E-state index contributed by atoms with van der Waals surface area (Å²) in [6.07, 6.45) is 3.77. The van der Waals surface area contributed by atoms with Crippen LogP contribution in [0, 0.1) is 0 Å². The molecule has 4 heteroatoms. The number of hydrogen-bond acceptors (Lipinski definition) is 3. The van der Waals surface area contributed by atoms with E-state index in [1.54, 1.807) is 0 Å². The van der Waals surface area contributed by atoms with Crippen LogP contribution in [0.3, 0.4) is 0 Å². The molecule has 0 aromatic heterocycles. The summed E-state index contributed by atoms with van der Waals surface area (Å²) in [5.41, 5.74) is 2.59. The van der Waals surface area contributed by atoms with Gasteiger partial charge in [0.15, 0.2) is 0 Å². The number of rotatable bonds is 2. The fourth-order valence-corrected chi connectivity index (χ4v) is 2.99. The summed E-state index contributed by atoms with van der Waals surface area (Å²) in [5.74, 6) is 0.131. The molecule has 20 heavy (non-hydrogen) atoms. The monoisotopic (exact) mass is 274 g/mol. The molecule has 2 atom stereocenters. The molecule has 0 radical (unpaired) electrons. The van der Waals surface area contributed by atoms with E-state index in [9.17, 15) is 4.79 Å². The summed E-state index contributed by atoms with van der Waals surface area (Å²) < 4.78 is 5.43. The third-order valence-corrected chi connectivity index (χ3v) is 4.20. The summed E-state index contributed by atoms with van der Waals surface area (Å²) in [5, 5.41) is 6.51. The lowest BCUT2D eigenvalue weighted by Crippen LogP contribution is -2.50. The van der Waals surface area contributed by atoms with E-state index in [2.05, 4.69) is 22.8 Å². The number of hydrogen-bond donors (Lipinski definition) is 2. The molecular weight excluding hydrogens is 252 g/mol. The molecule has 1 fully saturated rings.